The summed E-state index contributed by atoms with van der Waals surface area (Å²) in [5, 5.41) is 7.54. The normalized spacial score (nSPS) is 21.1. The van der Waals surface area contributed by atoms with Gasteiger partial charge < -0.3 is 26.1 Å². The van der Waals surface area contributed by atoms with Gasteiger partial charge in [0, 0.05) is 53.4 Å². The number of fused-ring (bicyclic) bond motifs is 2. The number of methoxy groups -OCH3 is 1. The maximum Gasteiger partial charge on any atom is 0.406 e. The van der Waals surface area contributed by atoms with E-state index < -0.39 is 17.7 Å². The molecule has 2 unspecified atom stereocenters. The van der Waals surface area contributed by atoms with E-state index in [1.807, 2.05) is 6.07 Å². The molecule has 1 aliphatic heterocycles. The van der Waals surface area contributed by atoms with Crippen LogP contribution in [-0.4, -0.2) is 71.0 Å². The third-order valence-electron chi connectivity index (χ3n) is 7.40. The van der Waals surface area contributed by atoms with Crippen molar-refractivity contribution in [3.8, 4) is 0 Å². The second-order valence-corrected chi connectivity index (χ2v) is 11.4. The zero-order chi connectivity index (χ0) is 26.9. The van der Waals surface area contributed by atoms with Gasteiger partial charge in [-0.15, -0.1) is 23.7 Å². The maximum absolute atomic E-state index is 13.7. The van der Waals surface area contributed by atoms with E-state index in [1.165, 1.54) is 18.4 Å². The molecule has 0 bridgehead atoms. The highest BCUT2D eigenvalue weighted by molar-refractivity contribution is 7.13. The first kappa shape index (κ1) is 29.3. The number of nitrogens with zero attached hydrogens (tertiary/aromatic N) is 2. The molecule has 0 saturated heterocycles. The maximum atomic E-state index is 13.7. The van der Waals surface area contributed by atoms with E-state index in [-0.39, 0.29) is 24.1 Å². The number of ketones is 1. The summed E-state index contributed by atoms with van der Waals surface area (Å²) >= 11 is 7.48. The van der Waals surface area contributed by atoms with E-state index >= 15 is 0 Å². The minimum absolute atomic E-state index is 0. The summed E-state index contributed by atoms with van der Waals surface area (Å²) in [5.41, 5.74) is 7.70. The molecule has 39 heavy (non-hydrogen) atoms. The van der Waals surface area contributed by atoms with Gasteiger partial charge in [-0.3, -0.25) is 14.5 Å². The molecule has 10 nitrogen and oxygen atoms in total. The Hall–Kier alpha value is -2.70. The molecule has 13 heteroatoms. The number of rotatable bonds is 7. The van der Waals surface area contributed by atoms with Gasteiger partial charge in [0.05, 0.1) is 24.5 Å². The Morgan fingerprint density at radius 2 is 2.13 bits per heavy atom. The van der Waals surface area contributed by atoms with Gasteiger partial charge in [-0.1, -0.05) is 24.4 Å². The Balaban J connectivity index is 0.00000353. The molecule has 1 aliphatic carbocycles. The van der Waals surface area contributed by atoms with E-state index in [1.54, 1.807) is 18.2 Å². The summed E-state index contributed by atoms with van der Waals surface area (Å²) in [5.74, 6) is -0.522. The molecule has 2 amide bonds. The number of aromatic nitrogens is 2. The summed E-state index contributed by atoms with van der Waals surface area (Å²) < 4.78 is 4.60. The molecule has 210 valence electrons. The van der Waals surface area contributed by atoms with Crippen molar-refractivity contribution in [1.29, 1.82) is 0 Å². The first-order chi connectivity index (χ1) is 18.3. The molecule has 3 heterocycles. The van der Waals surface area contributed by atoms with Gasteiger partial charge >= 0.3 is 6.09 Å². The van der Waals surface area contributed by atoms with Gasteiger partial charge in [0.25, 0.3) is 5.91 Å². The van der Waals surface area contributed by atoms with Crippen LogP contribution in [0.2, 0.25) is 5.02 Å². The van der Waals surface area contributed by atoms with Crippen LogP contribution in [-0.2, 0) is 17.7 Å². The SMILES string of the molecule is COC(=O)NCCN1CCc2nc(C(=O)NC3CCCCC3(N)C(=O)c3cc4cc(Cl)ccc4[nH]3)sc2C1.Cl. The fourth-order valence-electron chi connectivity index (χ4n) is 5.29. The first-order valence-corrected chi connectivity index (χ1v) is 13.9. The number of amides is 2. The molecule has 5 rings (SSSR count). The summed E-state index contributed by atoms with van der Waals surface area (Å²) in [6.07, 6.45) is 3.06. The molecule has 1 aromatic carbocycles. The number of H-pyrrole nitrogens is 1. The van der Waals surface area contributed by atoms with Crippen LogP contribution in [0.5, 0.6) is 0 Å². The lowest BCUT2D eigenvalue weighted by atomic mass is 9.74. The number of nitrogens with one attached hydrogen (secondary N) is 3. The second-order valence-electron chi connectivity index (χ2n) is 9.89. The quantitative estimate of drug-likeness (QED) is 0.306. The topological polar surface area (TPSA) is 142 Å². The average Bonchev–Trinajstić information content (AvgIpc) is 3.53. The van der Waals surface area contributed by atoms with Crippen LogP contribution in [0.4, 0.5) is 4.79 Å². The van der Waals surface area contributed by atoms with E-state index in [4.69, 9.17) is 17.3 Å². The van der Waals surface area contributed by atoms with Gasteiger partial charge in [-0.2, -0.15) is 0 Å². The Bertz CT molecular complexity index is 1380. The minimum Gasteiger partial charge on any atom is -0.453 e. The number of hydrogen-bond acceptors (Lipinski definition) is 8. The predicted molar refractivity (Wildman–Crippen MR) is 153 cm³/mol. The van der Waals surface area contributed by atoms with Gasteiger partial charge in [-0.05, 0) is 37.1 Å². The number of alkyl carbamates (subject to hydrolysis) is 1. The number of Topliss-reactive ketones (excluding diaryl/α,β-unsaturated/α-hetero) is 1. The smallest absolute Gasteiger partial charge is 0.406 e. The van der Waals surface area contributed by atoms with Crippen LogP contribution in [0.25, 0.3) is 10.9 Å². The van der Waals surface area contributed by atoms with E-state index in [0.29, 0.717) is 48.2 Å². The number of halogens is 2. The molecule has 5 N–H and O–H groups in total. The number of carbonyl (C=O) groups is 3. The van der Waals surface area contributed by atoms with Crippen molar-refractivity contribution in [1.82, 2.24) is 25.5 Å². The summed E-state index contributed by atoms with van der Waals surface area (Å²) in [6, 6.07) is 6.66. The summed E-state index contributed by atoms with van der Waals surface area (Å²) in [6.45, 7) is 2.61. The Labute approximate surface area is 241 Å². The minimum atomic E-state index is -1.22. The van der Waals surface area contributed by atoms with Crippen molar-refractivity contribution in [3.63, 3.8) is 0 Å². The molecule has 1 saturated carbocycles. The number of thiazole rings is 1. The molecule has 3 aromatic rings. The van der Waals surface area contributed by atoms with Crippen molar-refractivity contribution < 1.29 is 19.1 Å². The number of aromatic amines is 1. The fraction of sp³-hybridized carbons (Fsp3) is 0.462. The molecule has 0 spiro atoms. The summed E-state index contributed by atoms with van der Waals surface area (Å²) in [4.78, 5) is 49.2. The number of benzene rings is 1. The van der Waals surface area contributed by atoms with Crippen LogP contribution >= 0.6 is 35.3 Å². The molecule has 1 fully saturated rings. The van der Waals surface area contributed by atoms with Crippen LogP contribution in [0.3, 0.4) is 0 Å². The van der Waals surface area contributed by atoms with Crippen LogP contribution in [0, 0.1) is 0 Å². The number of nitrogens with two attached hydrogens (primary N) is 1. The van der Waals surface area contributed by atoms with Crippen LogP contribution in [0.15, 0.2) is 24.3 Å². The predicted octanol–water partition coefficient (Wildman–Crippen LogP) is 3.67. The number of hydrogen-bond donors (Lipinski definition) is 4. The van der Waals surface area contributed by atoms with Crippen LogP contribution < -0.4 is 16.4 Å². The second kappa shape index (κ2) is 12.2. The Morgan fingerprint density at radius 1 is 1.31 bits per heavy atom. The monoisotopic (exact) mass is 594 g/mol. The van der Waals surface area contributed by atoms with Gasteiger partial charge in [0.15, 0.2) is 5.01 Å². The van der Waals surface area contributed by atoms with Crippen molar-refractivity contribution in [2.75, 3.05) is 26.7 Å². The highest BCUT2D eigenvalue weighted by Gasteiger charge is 2.45. The Morgan fingerprint density at radius 3 is 2.92 bits per heavy atom. The fourth-order valence-corrected chi connectivity index (χ4v) is 6.53. The number of carbonyl (C=O) groups excluding carboxylic acids is 3. The number of ether oxygens (including phenoxy) is 1. The van der Waals surface area contributed by atoms with Crippen molar-refractivity contribution >= 4 is 64.0 Å². The highest BCUT2D eigenvalue weighted by atomic mass is 35.5. The highest BCUT2D eigenvalue weighted by Crippen LogP contribution is 2.32. The van der Waals surface area contributed by atoms with Gasteiger partial charge in [0.1, 0.15) is 5.54 Å². The third-order valence-corrected chi connectivity index (χ3v) is 8.71. The molecular weight excluding hydrogens is 563 g/mol. The van der Waals surface area contributed by atoms with E-state index in [2.05, 4.69) is 30.2 Å². The van der Waals surface area contributed by atoms with Gasteiger partial charge in [0.2, 0.25) is 5.78 Å². The standard InChI is InChI=1S/C26H31ClN6O4S.ClH/c1-37-25(36)29-9-11-33-10-7-18-20(14-33)38-24(31-18)23(35)32-21-4-2-3-8-26(21,28)22(34)19-13-15-12-16(27)5-6-17(15)30-19;/h5-6,12-13,21,30H,2-4,7-11,14,28H2,1H3,(H,29,36)(H,32,35);1H. The lowest BCUT2D eigenvalue weighted by Gasteiger charge is -2.39. The zero-order valence-electron chi connectivity index (χ0n) is 21.5. The van der Waals surface area contributed by atoms with Crippen molar-refractivity contribution in [3.05, 3.63) is 50.6 Å². The lowest BCUT2D eigenvalue weighted by molar-refractivity contribution is 0.0755. The zero-order valence-corrected chi connectivity index (χ0v) is 23.9. The Kier molecular flexibility index (Phi) is 9.18. The van der Waals surface area contributed by atoms with E-state index in [0.717, 1.165) is 47.3 Å². The first-order valence-electron chi connectivity index (χ1n) is 12.7. The summed E-state index contributed by atoms with van der Waals surface area (Å²) in [7, 11) is 1.34. The van der Waals surface area contributed by atoms with E-state index in [9.17, 15) is 14.4 Å². The van der Waals surface area contributed by atoms with Crippen molar-refractivity contribution in [2.24, 2.45) is 5.73 Å². The molecule has 2 aliphatic rings. The average molecular weight is 596 g/mol. The molecule has 0 radical (unpaired) electrons. The largest absolute Gasteiger partial charge is 0.453 e. The van der Waals surface area contributed by atoms with Crippen LogP contribution in [0.1, 0.15) is 56.5 Å². The molecule has 2 atom stereocenters. The molecule has 2 aromatic heterocycles. The van der Waals surface area contributed by atoms with Crippen molar-refractivity contribution in [2.45, 2.75) is 50.2 Å². The van der Waals surface area contributed by atoms with Gasteiger partial charge in [-0.25, -0.2) is 9.78 Å². The third kappa shape index (κ3) is 6.22. The molecular formula is C26H32Cl2N6O4S. The lowest BCUT2D eigenvalue weighted by Crippen LogP contribution is -2.64.